The van der Waals surface area contributed by atoms with Crippen LogP contribution in [0.25, 0.3) is 0 Å². The maximum absolute atomic E-state index is 13.9. The standard InChI is InChI=1S/C19H25F2N3O3S2/c1-12(2)9-13(7-8-25)16-10-17(24-29(3,26)27)23-19(22-16)28-11-14-5-4-6-15(20)18(14)21/h4-6,10,12-13,25H,7-9,11H2,1-3H3,(H,22,23,24). The highest BCUT2D eigenvalue weighted by molar-refractivity contribution is 7.98. The van der Waals surface area contributed by atoms with Crippen LogP contribution >= 0.6 is 11.8 Å². The van der Waals surface area contributed by atoms with Gasteiger partial charge in [0.1, 0.15) is 5.82 Å². The molecule has 0 aliphatic carbocycles. The number of benzene rings is 1. The minimum absolute atomic E-state index is 0.0345. The Labute approximate surface area is 174 Å². The molecular formula is C19H25F2N3O3S2. The highest BCUT2D eigenvalue weighted by atomic mass is 32.2. The average molecular weight is 446 g/mol. The molecule has 0 fully saturated rings. The summed E-state index contributed by atoms with van der Waals surface area (Å²) in [5, 5.41) is 9.65. The molecule has 2 aromatic rings. The first-order valence-corrected chi connectivity index (χ1v) is 12.0. The molecule has 0 radical (unpaired) electrons. The zero-order valence-electron chi connectivity index (χ0n) is 16.5. The average Bonchev–Trinajstić information content (AvgIpc) is 2.60. The lowest BCUT2D eigenvalue weighted by Crippen LogP contribution is -2.14. The summed E-state index contributed by atoms with van der Waals surface area (Å²) in [6, 6.07) is 5.48. The van der Waals surface area contributed by atoms with Crippen molar-refractivity contribution in [2.24, 2.45) is 5.92 Å². The minimum atomic E-state index is -3.56. The van der Waals surface area contributed by atoms with Crippen LogP contribution in [0.5, 0.6) is 0 Å². The zero-order chi connectivity index (χ0) is 21.6. The molecule has 1 atom stereocenters. The third-order valence-electron chi connectivity index (χ3n) is 4.06. The van der Waals surface area contributed by atoms with E-state index in [1.54, 1.807) is 6.07 Å². The van der Waals surface area contributed by atoms with Crippen LogP contribution in [0.3, 0.4) is 0 Å². The maximum Gasteiger partial charge on any atom is 0.230 e. The number of nitrogens with one attached hydrogen (secondary N) is 1. The van der Waals surface area contributed by atoms with Crippen LogP contribution < -0.4 is 4.72 Å². The summed E-state index contributed by atoms with van der Waals surface area (Å²) in [6.07, 6.45) is 2.23. The van der Waals surface area contributed by atoms with Crippen molar-refractivity contribution in [1.29, 1.82) is 0 Å². The van der Waals surface area contributed by atoms with Gasteiger partial charge in [-0.05, 0) is 24.8 Å². The summed E-state index contributed by atoms with van der Waals surface area (Å²) < 4.78 is 53.0. The Kier molecular flexibility index (Phi) is 8.35. The van der Waals surface area contributed by atoms with E-state index in [0.717, 1.165) is 30.5 Å². The molecule has 1 aromatic heterocycles. The van der Waals surface area contributed by atoms with Crippen molar-refractivity contribution in [2.45, 2.75) is 43.5 Å². The molecular weight excluding hydrogens is 420 g/mol. The van der Waals surface area contributed by atoms with E-state index >= 15 is 0 Å². The Morgan fingerprint density at radius 2 is 1.97 bits per heavy atom. The largest absolute Gasteiger partial charge is 0.396 e. The number of rotatable bonds is 10. The molecule has 2 N–H and O–H groups in total. The SMILES string of the molecule is CC(C)CC(CCO)c1cc(NS(C)(=O)=O)nc(SCc2cccc(F)c2F)n1. The first-order valence-electron chi connectivity index (χ1n) is 9.12. The smallest absolute Gasteiger partial charge is 0.230 e. The number of hydrogen-bond acceptors (Lipinski definition) is 6. The molecule has 0 spiro atoms. The van der Waals surface area contributed by atoms with Crippen LogP contribution in [0.1, 0.15) is 43.9 Å². The molecule has 1 aromatic carbocycles. The molecule has 0 aliphatic heterocycles. The van der Waals surface area contributed by atoms with Gasteiger partial charge in [0.25, 0.3) is 0 Å². The molecule has 160 valence electrons. The lowest BCUT2D eigenvalue weighted by atomic mass is 9.91. The Bertz CT molecular complexity index is 940. The van der Waals surface area contributed by atoms with Gasteiger partial charge in [0.05, 0.1) is 11.9 Å². The van der Waals surface area contributed by atoms with Crippen molar-refractivity contribution in [3.05, 3.63) is 47.2 Å². The van der Waals surface area contributed by atoms with E-state index in [1.165, 1.54) is 12.1 Å². The third kappa shape index (κ3) is 7.52. The van der Waals surface area contributed by atoms with Crippen molar-refractivity contribution in [2.75, 3.05) is 17.6 Å². The van der Waals surface area contributed by atoms with Gasteiger partial charge in [-0.2, -0.15) is 0 Å². The maximum atomic E-state index is 13.9. The molecule has 0 amide bonds. The fourth-order valence-corrected chi connectivity index (χ4v) is 4.20. The van der Waals surface area contributed by atoms with Crippen LogP contribution in [0, 0.1) is 17.6 Å². The molecule has 1 heterocycles. The van der Waals surface area contributed by atoms with E-state index < -0.39 is 21.7 Å². The second-order valence-corrected chi connectivity index (χ2v) is 9.87. The summed E-state index contributed by atoms with van der Waals surface area (Å²) >= 11 is 1.08. The van der Waals surface area contributed by atoms with Crippen LogP contribution in [0.15, 0.2) is 29.4 Å². The number of halogens is 2. The van der Waals surface area contributed by atoms with E-state index in [1.807, 2.05) is 13.8 Å². The topological polar surface area (TPSA) is 92.2 Å². The molecule has 0 saturated carbocycles. The van der Waals surface area contributed by atoms with Gasteiger partial charge >= 0.3 is 0 Å². The van der Waals surface area contributed by atoms with Gasteiger partial charge in [-0.3, -0.25) is 4.72 Å². The number of aromatic nitrogens is 2. The summed E-state index contributed by atoms with van der Waals surface area (Å²) in [5.74, 6) is -1.42. The van der Waals surface area contributed by atoms with Gasteiger partial charge in [-0.25, -0.2) is 27.2 Å². The van der Waals surface area contributed by atoms with E-state index in [-0.39, 0.29) is 34.8 Å². The summed E-state index contributed by atoms with van der Waals surface area (Å²) in [4.78, 5) is 8.68. The second kappa shape index (κ2) is 10.3. The number of anilines is 1. The van der Waals surface area contributed by atoms with Crippen molar-refractivity contribution in [1.82, 2.24) is 9.97 Å². The van der Waals surface area contributed by atoms with Crippen molar-refractivity contribution < 1.29 is 22.3 Å². The van der Waals surface area contributed by atoms with Gasteiger partial charge in [-0.1, -0.05) is 37.7 Å². The number of thioether (sulfide) groups is 1. The van der Waals surface area contributed by atoms with Gasteiger partial charge in [0.2, 0.25) is 10.0 Å². The Morgan fingerprint density at radius 3 is 2.59 bits per heavy atom. The lowest BCUT2D eigenvalue weighted by molar-refractivity contribution is 0.266. The number of aliphatic hydroxyl groups excluding tert-OH is 1. The van der Waals surface area contributed by atoms with Gasteiger partial charge in [-0.15, -0.1) is 0 Å². The van der Waals surface area contributed by atoms with Crippen molar-refractivity contribution >= 4 is 27.6 Å². The molecule has 1 unspecified atom stereocenters. The predicted octanol–water partition coefficient (Wildman–Crippen LogP) is 3.93. The second-order valence-electron chi connectivity index (χ2n) is 7.18. The monoisotopic (exact) mass is 445 g/mol. The highest BCUT2D eigenvalue weighted by Crippen LogP contribution is 2.30. The lowest BCUT2D eigenvalue weighted by Gasteiger charge is -2.19. The third-order valence-corrected chi connectivity index (χ3v) is 5.53. The zero-order valence-corrected chi connectivity index (χ0v) is 18.2. The molecule has 0 aliphatic rings. The summed E-state index contributed by atoms with van der Waals surface area (Å²) in [6.45, 7) is 4.06. The van der Waals surface area contributed by atoms with Crippen LogP contribution in [-0.4, -0.2) is 36.4 Å². The number of aliphatic hydroxyl groups is 1. The minimum Gasteiger partial charge on any atom is -0.396 e. The van der Waals surface area contributed by atoms with Crippen LogP contribution in [-0.2, 0) is 15.8 Å². The van der Waals surface area contributed by atoms with Crippen molar-refractivity contribution in [3.63, 3.8) is 0 Å². The van der Waals surface area contributed by atoms with Gasteiger partial charge < -0.3 is 5.11 Å². The van der Waals surface area contributed by atoms with Gasteiger partial charge in [0, 0.05) is 29.9 Å². The Morgan fingerprint density at radius 1 is 1.24 bits per heavy atom. The number of nitrogens with zero attached hydrogens (tertiary/aromatic N) is 2. The number of sulfonamides is 1. The predicted molar refractivity (Wildman–Crippen MR) is 110 cm³/mol. The quantitative estimate of drug-likeness (QED) is 0.425. The van der Waals surface area contributed by atoms with Crippen LogP contribution in [0.2, 0.25) is 0 Å². The molecule has 0 bridgehead atoms. The molecule has 2 rings (SSSR count). The van der Waals surface area contributed by atoms with Gasteiger partial charge in [0.15, 0.2) is 16.8 Å². The Hall–Kier alpha value is -1.78. The molecule has 10 heteroatoms. The first-order chi connectivity index (χ1) is 13.6. The van der Waals surface area contributed by atoms with E-state index in [4.69, 9.17) is 0 Å². The summed E-state index contributed by atoms with van der Waals surface area (Å²) in [5.41, 5.74) is 0.756. The summed E-state index contributed by atoms with van der Waals surface area (Å²) in [7, 11) is -3.56. The highest BCUT2D eigenvalue weighted by Gasteiger charge is 2.19. The molecule has 0 saturated heterocycles. The first kappa shape index (κ1) is 23.5. The van der Waals surface area contributed by atoms with Crippen molar-refractivity contribution in [3.8, 4) is 0 Å². The number of hydrogen-bond donors (Lipinski definition) is 2. The van der Waals surface area contributed by atoms with E-state index in [9.17, 15) is 22.3 Å². The Balaban J connectivity index is 2.36. The van der Waals surface area contributed by atoms with E-state index in [0.29, 0.717) is 18.0 Å². The fourth-order valence-electron chi connectivity index (χ4n) is 2.87. The molecule has 29 heavy (non-hydrogen) atoms. The molecule has 6 nitrogen and oxygen atoms in total. The van der Waals surface area contributed by atoms with Crippen LogP contribution in [0.4, 0.5) is 14.6 Å². The fraction of sp³-hybridized carbons (Fsp3) is 0.474. The van der Waals surface area contributed by atoms with E-state index in [2.05, 4.69) is 14.7 Å². The normalized spacial score (nSPS) is 12.9.